The number of rotatable bonds is 6. The molecule has 0 aromatic rings. The fourth-order valence-electron chi connectivity index (χ4n) is 2.38. The Balaban J connectivity index is 2.24. The molecule has 3 N–H and O–H groups in total. The largest absolute Gasteiger partial charge is 0.480 e. The maximum absolute atomic E-state index is 11.6. The molecule has 0 aromatic carbocycles. The molecule has 1 saturated heterocycles. The number of piperidine rings is 1. The van der Waals surface area contributed by atoms with Gasteiger partial charge in [0.2, 0.25) is 5.91 Å². The number of carboxylic acid groups (broad SMARTS) is 1. The lowest BCUT2D eigenvalue weighted by Crippen LogP contribution is -2.48. The molecule has 1 aliphatic rings. The van der Waals surface area contributed by atoms with E-state index in [4.69, 9.17) is 5.11 Å². The van der Waals surface area contributed by atoms with E-state index in [1.165, 1.54) is 19.9 Å². The molecule has 1 rings (SSSR count). The van der Waals surface area contributed by atoms with Gasteiger partial charge in [0.15, 0.2) is 6.04 Å². The summed E-state index contributed by atoms with van der Waals surface area (Å²) in [5.41, 5.74) is 0. The van der Waals surface area contributed by atoms with E-state index in [0.717, 1.165) is 19.5 Å². The van der Waals surface area contributed by atoms with Crippen molar-refractivity contribution in [2.45, 2.75) is 25.3 Å². The average Bonchev–Trinajstić information content (AvgIpc) is 2.29. The van der Waals surface area contributed by atoms with Crippen LogP contribution < -0.4 is 10.6 Å². The predicted octanol–water partition coefficient (Wildman–Crippen LogP) is -0.493. The number of aliphatic carboxylic acids is 1. The number of carbonyl (C=O) groups is 2. The molecule has 2 unspecified atom stereocenters. The van der Waals surface area contributed by atoms with E-state index in [0.29, 0.717) is 12.5 Å². The monoisotopic (exact) mass is 257 g/mol. The molecule has 104 valence electrons. The molecule has 0 spiro atoms. The molecule has 1 amide bonds. The molecule has 1 fully saturated rings. The lowest BCUT2D eigenvalue weighted by atomic mass is 9.95. The molecule has 0 aromatic heterocycles. The van der Waals surface area contributed by atoms with E-state index in [1.807, 2.05) is 0 Å². The van der Waals surface area contributed by atoms with E-state index in [2.05, 4.69) is 22.6 Å². The van der Waals surface area contributed by atoms with Gasteiger partial charge in [-0.3, -0.25) is 10.1 Å². The quantitative estimate of drug-likeness (QED) is 0.559. The molecular weight excluding hydrogens is 234 g/mol. The van der Waals surface area contributed by atoms with Gasteiger partial charge in [-0.2, -0.15) is 0 Å². The zero-order valence-electron chi connectivity index (χ0n) is 11.1. The standard InChI is InChI=1S/C12H23N3O3/c1-13-10(12(17)18)11(16)14-6-5-9-4-3-7-15(2)8-9/h9-10,13H,3-8H2,1-2H3,(H,14,16)(H,17,18). The molecule has 18 heavy (non-hydrogen) atoms. The lowest BCUT2D eigenvalue weighted by Gasteiger charge is -2.29. The second-order valence-corrected chi connectivity index (χ2v) is 4.91. The Labute approximate surface area is 108 Å². The van der Waals surface area contributed by atoms with Crippen LogP contribution in [0.5, 0.6) is 0 Å². The zero-order chi connectivity index (χ0) is 13.5. The highest BCUT2D eigenvalue weighted by atomic mass is 16.4. The van der Waals surface area contributed by atoms with Crippen molar-refractivity contribution in [1.29, 1.82) is 0 Å². The third-order valence-corrected chi connectivity index (χ3v) is 3.37. The summed E-state index contributed by atoms with van der Waals surface area (Å²) in [5, 5.41) is 13.9. The summed E-state index contributed by atoms with van der Waals surface area (Å²) in [6.45, 7) is 2.75. The number of nitrogens with zero attached hydrogens (tertiary/aromatic N) is 1. The van der Waals surface area contributed by atoms with Crippen molar-refractivity contribution in [2.75, 3.05) is 33.7 Å². The van der Waals surface area contributed by atoms with Crippen molar-refractivity contribution < 1.29 is 14.7 Å². The predicted molar refractivity (Wildman–Crippen MR) is 68.3 cm³/mol. The van der Waals surface area contributed by atoms with Gasteiger partial charge in [-0.25, -0.2) is 4.79 Å². The molecule has 2 atom stereocenters. The SMILES string of the molecule is CNC(C(=O)O)C(=O)NCCC1CCCN(C)C1. The number of carboxylic acids is 1. The van der Waals surface area contributed by atoms with Crippen LogP contribution in [-0.2, 0) is 9.59 Å². The van der Waals surface area contributed by atoms with Gasteiger partial charge in [0.05, 0.1) is 0 Å². The van der Waals surface area contributed by atoms with E-state index in [-0.39, 0.29) is 0 Å². The number of nitrogens with one attached hydrogen (secondary N) is 2. The van der Waals surface area contributed by atoms with E-state index >= 15 is 0 Å². The maximum Gasteiger partial charge on any atom is 0.330 e. The molecule has 0 radical (unpaired) electrons. The van der Waals surface area contributed by atoms with Crippen LogP contribution in [0.4, 0.5) is 0 Å². The Morgan fingerprint density at radius 1 is 1.50 bits per heavy atom. The first-order valence-electron chi connectivity index (χ1n) is 6.41. The minimum atomic E-state index is -1.15. The molecule has 0 saturated carbocycles. The average molecular weight is 257 g/mol. The minimum Gasteiger partial charge on any atom is -0.480 e. The Morgan fingerprint density at radius 3 is 2.78 bits per heavy atom. The summed E-state index contributed by atoms with van der Waals surface area (Å²) in [6.07, 6.45) is 3.30. The van der Waals surface area contributed by atoms with Crippen molar-refractivity contribution in [3.8, 4) is 0 Å². The fourth-order valence-corrected chi connectivity index (χ4v) is 2.38. The Morgan fingerprint density at radius 2 is 2.22 bits per heavy atom. The van der Waals surface area contributed by atoms with Crippen molar-refractivity contribution in [2.24, 2.45) is 5.92 Å². The van der Waals surface area contributed by atoms with Gasteiger partial charge < -0.3 is 15.3 Å². The Hall–Kier alpha value is -1.14. The third kappa shape index (κ3) is 4.62. The first-order chi connectivity index (χ1) is 8.54. The molecule has 1 heterocycles. The highest BCUT2D eigenvalue weighted by Gasteiger charge is 2.24. The number of likely N-dealkylation sites (tertiary alicyclic amines) is 1. The summed E-state index contributed by atoms with van der Waals surface area (Å²) >= 11 is 0. The second-order valence-electron chi connectivity index (χ2n) is 4.91. The van der Waals surface area contributed by atoms with Gasteiger partial charge in [-0.05, 0) is 45.8 Å². The molecular formula is C12H23N3O3. The number of carbonyl (C=O) groups excluding carboxylic acids is 1. The minimum absolute atomic E-state index is 0.464. The Kier molecular flexibility index (Phi) is 6.07. The summed E-state index contributed by atoms with van der Waals surface area (Å²) in [4.78, 5) is 24.6. The van der Waals surface area contributed by atoms with Gasteiger partial charge in [-0.15, -0.1) is 0 Å². The van der Waals surface area contributed by atoms with Crippen LogP contribution in [0.3, 0.4) is 0 Å². The van der Waals surface area contributed by atoms with Crippen molar-refractivity contribution in [3.05, 3.63) is 0 Å². The lowest BCUT2D eigenvalue weighted by molar-refractivity contribution is -0.143. The van der Waals surface area contributed by atoms with Crippen LogP contribution in [0, 0.1) is 5.92 Å². The van der Waals surface area contributed by atoms with Gasteiger partial charge in [-0.1, -0.05) is 0 Å². The van der Waals surface area contributed by atoms with Crippen LogP contribution >= 0.6 is 0 Å². The van der Waals surface area contributed by atoms with Crippen molar-refractivity contribution >= 4 is 11.9 Å². The highest BCUT2D eigenvalue weighted by molar-refractivity contribution is 6.01. The summed E-state index contributed by atoms with van der Waals surface area (Å²) in [7, 11) is 3.57. The van der Waals surface area contributed by atoms with Crippen LogP contribution in [-0.4, -0.2) is 61.7 Å². The zero-order valence-corrected chi connectivity index (χ0v) is 11.1. The second kappa shape index (κ2) is 7.33. The van der Waals surface area contributed by atoms with E-state index in [9.17, 15) is 9.59 Å². The van der Waals surface area contributed by atoms with Crippen molar-refractivity contribution in [1.82, 2.24) is 15.5 Å². The number of likely N-dealkylation sites (N-methyl/N-ethyl adjacent to an activating group) is 1. The molecule has 1 aliphatic heterocycles. The topological polar surface area (TPSA) is 81.7 Å². The molecule has 0 aliphatic carbocycles. The van der Waals surface area contributed by atoms with Crippen LogP contribution in [0.2, 0.25) is 0 Å². The van der Waals surface area contributed by atoms with Gasteiger partial charge >= 0.3 is 5.97 Å². The van der Waals surface area contributed by atoms with E-state index in [1.54, 1.807) is 0 Å². The fraction of sp³-hybridized carbons (Fsp3) is 0.833. The summed E-state index contributed by atoms with van der Waals surface area (Å²) in [6, 6.07) is -1.15. The van der Waals surface area contributed by atoms with Gasteiger partial charge in [0.25, 0.3) is 0 Å². The first kappa shape index (κ1) is 14.9. The molecule has 6 nitrogen and oxygen atoms in total. The summed E-state index contributed by atoms with van der Waals surface area (Å²) in [5.74, 6) is -1.01. The number of amides is 1. The normalized spacial score (nSPS) is 22.4. The third-order valence-electron chi connectivity index (χ3n) is 3.37. The number of hydrogen-bond donors (Lipinski definition) is 3. The smallest absolute Gasteiger partial charge is 0.330 e. The first-order valence-corrected chi connectivity index (χ1v) is 6.41. The molecule has 6 heteroatoms. The van der Waals surface area contributed by atoms with Crippen LogP contribution in [0.1, 0.15) is 19.3 Å². The maximum atomic E-state index is 11.6. The number of hydrogen-bond acceptors (Lipinski definition) is 4. The van der Waals surface area contributed by atoms with Crippen LogP contribution in [0.25, 0.3) is 0 Å². The Bertz CT molecular complexity index is 296. The van der Waals surface area contributed by atoms with Crippen molar-refractivity contribution in [3.63, 3.8) is 0 Å². The van der Waals surface area contributed by atoms with Gasteiger partial charge in [0.1, 0.15) is 0 Å². The summed E-state index contributed by atoms with van der Waals surface area (Å²) < 4.78 is 0. The van der Waals surface area contributed by atoms with E-state index < -0.39 is 17.9 Å². The molecule has 0 bridgehead atoms. The van der Waals surface area contributed by atoms with Gasteiger partial charge in [0, 0.05) is 13.1 Å². The van der Waals surface area contributed by atoms with Crippen LogP contribution in [0.15, 0.2) is 0 Å². The highest BCUT2D eigenvalue weighted by Crippen LogP contribution is 2.17.